The molecular formula is C15H13Cl2NO3S. The maximum Gasteiger partial charge on any atom is 0.349 e. The Balaban J connectivity index is 2.00. The summed E-state index contributed by atoms with van der Waals surface area (Å²) in [4.78, 5) is 24.5. The predicted octanol–water partition coefficient (Wildman–Crippen LogP) is 4.55. The average molecular weight is 358 g/mol. The molecule has 0 bridgehead atoms. The molecule has 0 aliphatic carbocycles. The molecule has 1 N–H and O–H groups in total. The van der Waals surface area contributed by atoms with Gasteiger partial charge in [-0.2, -0.15) is 0 Å². The number of thiophene rings is 1. The van der Waals surface area contributed by atoms with Crippen LogP contribution in [0.25, 0.3) is 0 Å². The van der Waals surface area contributed by atoms with Crippen molar-refractivity contribution < 1.29 is 14.3 Å². The molecular weight excluding hydrogens is 345 g/mol. The number of ether oxygens (including phenoxy) is 1. The Morgan fingerprint density at radius 3 is 2.41 bits per heavy atom. The molecule has 0 fully saturated rings. The second kappa shape index (κ2) is 7.13. The number of aryl methyl sites for hydroxylation is 1. The number of hydrogen-bond acceptors (Lipinski definition) is 4. The molecule has 0 spiro atoms. The first-order valence-electron chi connectivity index (χ1n) is 6.39. The summed E-state index contributed by atoms with van der Waals surface area (Å²) in [5.41, 5.74) is 1.27. The van der Waals surface area contributed by atoms with Crippen LogP contribution in [0.3, 0.4) is 0 Å². The number of hydrogen-bond donors (Lipinski definition) is 1. The largest absolute Gasteiger partial charge is 0.448 e. The zero-order valence-corrected chi connectivity index (χ0v) is 14.2. The van der Waals surface area contributed by atoms with Crippen molar-refractivity contribution in [2.75, 3.05) is 5.32 Å². The Morgan fingerprint density at radius 1 is 1.23 bits per heavy atom. The molecule has 1 aromatic carbocycles. The van der Waals surface area contributed by atoms with E-state index in [0.29, 0.717) is 20.6 Å². The van der Waals surface area contributed by atoms with Gasteiger partial charge in [-0.1, -0.05) is 23.2 Å². The minimum absolute atomic E-state index is 0.404. The van der Waals surface area contributed by atoms with E-state index in [4.69, 9.17) is 27.9 Å². The van der Waals surface area contributed by atoms with Gasteiger partial charge in [0.1, 0.15) is 4.88 Å². The van der Waals surface area contributed by atoms with Gasteiger partial charge in [0, 0.05) is 15.7 Å². The van der Waals surface area contributed by atoms with E-state index in [0.717, 1.165) is 5.56 Å². The number of anilines is 1. The van der Waals surface area contributed by atoms with Crippen LogP contribution in [-0.4, -0.2) is 18.0 Å². The molecule has 0 saturated carbocycles. The Bertz CT molecular complexity index is 694. The predicted molar refractivity (Wildman–Crippen MR) is 89.0 cm³/mol. The van der Waals surface area contributed by atoms with E-state index in [1.165, 1.54) is 18.3 Å². The lowest BCUT2D eigenvalue weighted by Crippen LogP contribution is -2.29. The van der Waals surface area contributed by atoms with Crippen LogP contribution < -0.4 is 5.32 Å². The van der Waals surface area contributed by atoms with Crippen LogP contribution in [0.1, 0.15) is 22.2 Å². The molecule has 1 atom stereocenters. The molecule has 116 valence electrons. The molecule has 1 aromatic heterocycles. The van der Waals surface area contributed by atoms with Crippen LogP contribution in [0.5, 0.6) is 0 Å². The highest BCUT2D eigenvalue weighted by Gasteiger charge is 2.21. The number of rotatable bonds is 4. The maximum absolute atomic E-state index is 12.1. The average Bonchev–Trinajstić information content (AvgIpc) is 2.83. The molecule has 0 aliphatic rings. The standard InChI is InChI=1S/C15H13Cl2NO3S/c1-8-3-4-22-13(8)15(20)21-9(2)14(19)18-12-6-10(16)5-11(17)7-12/h3-7,9H,1-2H3,(H,18,19)/t9-/m1/s1. The van der Waals surface area contributed by atoms with E-state index >= 15 is 0 Å². The zero-order chi connectivity index (χ0) is 16.3. The number of carbonyl (C=O) groups is 2. The lowest BCUT2D eigenvalue weighted by molar-refractivity contribution is -0.123. The summed E-state index contributed by atoms with van der Waals surface area (Å²) < 4.78 is 5.16. The third-order valence-electron chi connectivity index (χ3n) is 2.83. The highest BCUT2D eigenvalue weighted by atomic mass is 35.5. The van der Waals surface area contributed by atoms with Crippen molar-refractivity contribution in [3.63, 3.8) is 0 Å². The molecule has 0 unspecified atom stereocenters. The summed E-state index contributed by atoms with van der Waals surface area (Å²) in [5.74, 6) is -0.972. The van der Waals surface area contributed by atoms with Crippen molar-refractivity contribution >= 4 is 52.1 Å². The van der Waals surface area contributed by atoms with Crippen LogP contribution in [0.15, 0.2) is 29.6 Å². The van der Waals surface area contributed by atoms with Gasteiger partial charge < -0.3 is 10.1 Å². The summed E-state index contributed by atoms with van der Waals surface area (Å²) in [5, 5.41) is 5.21. The lowest BCUT2D eigenvalue weighted by atomic mass is 10.3. The Morgan fingerprint density at radius 2 is 1.86 bits per heavy atom. The molecule has 1 heterocycles. The highest BCUT2D eigenvalue weighted by molar-refractivity contribution is 7.12. The van der Waals surface area contributed by atoms with E-state index in [-0.39, 0.29) is 0 Å². The molecule has 1 amide bonds. The molecule has 7 heteroatoms. The van der Waals surface area contributed by atoms with E-state index < -0.39 is 18.0 Å². The van der Waals surface area contributed by atoms with Gasteiger partial charge in [0.25, 0.3) is 5.91 Å². The Kier molecular flexibility index (Phi) is 5.45. The quantitative estimate of drug-likeness (QED) is 0.816. The Labute approximate surface area is 142 Å². The van der Waals surface area contributed by atoms with Crippen LogP contribution in [0.2, 0.25) is 10.0 Å². The van der Waals surface area contributed by atoms with Crippen molar-refractivity contribution in [2.24, 2.45) is 0 Å². The van der Waals surface area contributed by atoms with Crippen LogP contribution in [0.4, 0.5) is 5.69 Å². The number of benzene rings is 1. The molecule has 0 radical (unpaired) electrons. The van der Waals surface area contributed by atoms with E-state index in [1.807, 2.05) is 13.0 Å². The number of nitrogens with one attached hydrogen (secondary N) is 1. The smallest absolute Gasteiger partial charge is 0.349 e. The molecule has 4 nitrogen and oxygen atoms in total. The third-order valence-corrected chi connectivity index (χ3v) is 4.26. The first kappa shape index (κ1) is 16.8. The van der Waals surface area contributed by atoms with Crippen molar-refractivity contribution in [3.05, 3.63) is 50.1 Å². The third kappa shape index (κ3) is 4.22. The fourth-order valence-corrected chi connectivity index (χ4v) is 3.05. The second-order valence-electron chi connectivity index (χ2n) is 4.63. The van der Waals surface area contributed by atoms with Crippen molar-refractivity contribution in [3.8, 4) is 0 Å². The normalized spacial score (nSPS) is 11.8. The first-order chi connectivity index (χ1) is 10.4. The van der Waals surface area contributed by atoms with Gasteiger partial charge in [0.2, 0.25) is 0 Å². The molecule has 0 aliphatic heterocycles. The van der Waals surface area contributed by atoms with Gasteiger partial charge in [-0.3, -0.25) is 4.79 Å². The number of halogens is 2. The van der Waals surface area contributed by atoms with Crippen LogP contribution in [0, 0.1) is 6.92 Å². The van der Waals surface area contributed by atoms with Gasteiger partial charge >= 0.3 is 5.97 Å². The second-order valence-corrected chi connectivity index (χ2v) is 6.42. The molecule has 2 aromatic rings. The van der Waals surface area contributed by atoms with Gasteiger partial charge in [-0.15, -0.1) is 11.3 Å². The van der Waals surface area contributed by atoms with Gasteiger partial charge in [0.05, 0.1) is 0 Å². The summed E-state index contributed by atoms with van der Waals surface area (Å²) in [6.07, 6.45) is -0.938. The van der Waals surface area contributed by atoms with Gasteiger partial charge in [-0.05, 0) is 49.1 Å². The fraction of sp³-hybridized carbons (Fsp3) is 0.200. The topological polar surface area (TPSA) is 55.4 Å². The fourth-order valence-electron chi connectivity index (χ4n) is 1.72. The first-order valence-corrected chi connectivity index (χ1v) is 8.02. The van der Waals surface area contributed by atoms with Crippen LogP contribution >= 0.6 is 34.5 Å². The summed E-state index contributed by atoms with van der Waals surface area (Å²) >= 11 is 13.0. The summed E-state index contributed by atoms with van der Waals surface area (Å²) in [7, 11) is 0. The summed E-state index contributed by atoms with van der Waals surface area (Å²) in [6.45, 7) is 3.31. The van der Waals surface area contributed by atoms with E-state index in [9.17, 15) is 9.59 Å². The number of esters is 1. The van der Waals surface area contributed by atoms with Gasteiger partial charge in [0.15, 0.2) is 6.10 Å². The lowest BCUT2D eigenvalue weighted by Gasteiger charge is -2.13. The number of carbonyl (C=O) groups excluding carboxylic acids is 2. The van der Waals surface area contributed by atoms with E-state index in [1.54, 1.807) is 23.6 Å². The summed E-state index contributed by atoms with van der Waals surface area (Å²) in [6, 6.07) is 6.49. The molecule has 2 rings (SSSR count). The van der Waals surface area contributed by atoms with Crippen LogP contribution in [-0.2, 0) is 9.53 Å². The van der Waals surface area contributed by atoms with Crippen molar-refractivity contribution in [2.45, 2.75) is 20.0 Å². The van der Waals surface area contributed by atoms with Gasteiger partial charge in [-0.25, -0.2) is 4.79 Å². The zero-order valence-electron chi connectivity index (χ0n) is 11.9. The Hall–Kier alpha value is -1.56. The van der Waals surface area contributed by atoms with E-state index in [2.05, 4.69) is 5.32 Å². The molecule has 0 saturated heterocycles. The maximum atomic E-state index is 12.1. The minimum Gasteiger partial charge on any atom is -0.448 e. The molecule has 22 heavy (non-hydrogen) atoms. The minimum atomic E-state index is -0.938. The highest BCUT2D eigenvalue weighted by Crippen LogP contribution is 2.23. The van der Waals surface area contributed by atoms with Crippen molar-refractivity contribution in [1.82, 2.24) is 0 Å². The SMILES string of the molecule is Cc1ccsc1C(=O)O[C@H](C)C(=O)Nc1cc(Cl)cc(Cl)c1. The monoisotopic (exact) mass is 357 g/mol. The van der Waals surface area contributed by atoms with Crippen molar-refractivity contribution in [1.29, 1.82) is 0 Å². The number of amides is 1.